The lowest BCUT2D eigenvalue weighted by Gasteiger charge is -2.36. The predicted molar refractivity (Wildman–Crippen MR) is 112 cm³/mol. The molecule has 1 N–H and O–H groups in total. The van der Waals surface area contributed by atoms with Crippen molar-refractivity contribution in [1.29, 1.82) is 0 Å². The van der Waals surface area contributed by atoms with E-state index in [0.29, 0.717) is 18.1 Å². The van der Waals surface area contributed by atoms with Crippen molar-refractivity contribution < 1.29 is 14.4 Å². The third kappa shape index (κ3) is 3.47. The minimum Gasteiger partial charge on any atom is -0.323 e. The van der Waals surface area contributed by atoms with Crippen molar-refractivity contribution in [1.82, 2.24) is 15.2 Å². The maximum Gasteiger partial charge on any atom is 0.325 e. The van der Waals surface area contributed by atoms with Crippen LogP contribution < -0.4 is 10.2 Å². The second-order valence-corrected chi connectivity index (χ2v) is 9.37. The number of anilines is 1. The summed E-state index contributed by atoms with van der Waals surface area (Å²) >= 11 is 1.54. The molecule has 1 saturated carbocycles. The van der Waals surface area contributed by atoms with Crippen LogP contribution in [0.15, 0.2) is 12.7 Å². The standard InChI is InChI=1S/C21H28N4O3S/c1-3-12-24(20-22-15-9-4-5-10-16(15)29-20)17(26)13-25-18(27)21(23-19(25)28)11-7-6-8-14(21)2/h3,14H,1,4-13H2,2H3,(H,23,28)/t14-,21-/m1/s1. The lowest BCUT2D eigenvalue weighted by Crippen LogP contribution is -2.54. The lowest BCUT2D eigenvalue weighted by atomic mass is 9.73. The van der Waals surface area contributed by atoms with Gasteiger partial charge in [-0.25, -0.2) is 9.78 Å². The van der Waals surface area contributed by atoms with Gasteiger partial charge in [-0.1, -0.05) is 25.8 Å². The number of thiazole rings is 1. The number of carbonyl (C=O) groups excluding carboxylic acids is 3. The first-order valence-corrected chi connectivity index (χ1v) is 11.3. The zero-order valence-corrected chi connectivity index (χ0v) is 17.7. The molecule has 4 rings (SSSR count). The quantitative estimate of drug-likeness (QED) is 0.591. The Balaban J connectivity index is 1.53. The van der Waals surface area contributed by atoms with Gasteiger partial charge in [-0.15, -0.1) is 17.9 Å². The van der Waals surface area contributed by atoms with Crippen LogP contribution in [0.1, 0.15) is 56.0 Å². The Hall–Kier alpha value is -2.22. The van der Waals surface area contributed by atoms with Crippen LogP contribution in [0.4, 0.5) is 9.93 Å². The Bertz CT molecular complexity index is 827. The number of nitrogens with zero attached hydrogens (tertiary/aromatic N) is 3. The van der Waals surface area contributed by atoms with Gasteiger partial charge < -0.3 is 5.32 Å². The van der Waals surface area contributed by atoms with Gasteiger partial charge in [0.25, 0.3) is 5.91 Å². The van der Waals surface area contributed by atoms with Gasteiger partial charge in [0.15, 0.2) is 5.13 Å². The van der Waals surface area contributed by atoms with Crippen LogP contribution in [0.2, 0.25) is 0 Å². The van der Waals surface area contributed by atoms with Crippen LogP contribution in [0.3, 0.4) is 0 Å². The fraction of sp³-hybridized carbons (Fsp3) is 0.619. The van der Waals surface area contributed by atoms with E-state index in [1.165, 1.54) is 16.2 Å². The van der Waals surface area contributed by atoms with E-state index in [9.17, 15) is 14.4 Å². The average Bonchev–Trinajstić information content (AvgIpc) is 3.23. The summed E-state index contributed by atoms with van der Waals surface area (Å²) in [5.41, 5.74) is 0.224. The molecule has 2 aliphatic carbocycles. The van der Waals surface area contributed by atoms with Crippen LogP contribution in [-0.4, -0.2) is 46.4 Å². The van der Waals surface area contributed by atoms with E-state index in [0.717, 1.165) is 55.5 Å². The molecule has 29 heavy (non-hydrogen) atoms. The fourth-order valence-corrected chi connectivity index (χ4v) is 5.90. The highest BCUT2D eigenvalue weighted by Gasteiger charge is 2.55. The van der Waals surface area contributed by atoms with Crippen molar-refractivity contribution in [2.24, 2.45) is 5.92 Å². The van der Waals surface area contributed by atoms with E-state index in [2.05, 4.69) is 16.9 Å². The molecule has 1 saturated heterocycles. The van der Waals surface area contributed by atoms with Crippen molar-refractivity contribution in [3.05, 3.63) is 23.2 Å². The summed E-state index contributed by atoms with van der Waals surface area (Å²) in [6, 6.07) is -0.464. The predicted octanol–water partition coefficient (Wildman–Crippen LogP) is 3.04. The third-order valence-electron chi connectivity index (χ3n) is 6.47. The van der Waals surface area contributed by atoms with E-state index >= 15 is 0 Å². The molecule has 1 aromatic rings. The molecule has 0 aromatic carbocycles. The smallest absolute Gasteiger partial charge is 0.323 e. The van der Waals surface area contributed by atoms with Crippen LogP contribution in [0.5, 0.6) is 0 Å². The number of rotatable bonds is 5. The number of hydrogen-bond donors (Lipinski definition) is 1. The monoisotopic (exact) mass is 416 g/mol. The van der Waals surface area contributed by atoms with Gasteiger partial charge in [0.2, 0.25) is 5.91 Å². The first-order chi connectivity index (χ1) is 14.0. The van der Waals surface area contributed by atoms with Gasteiger partial charge in [-0.3, -0.25) is 19.4 Å². The second-order valence-electron chi connectivity index (χ2n) is 8.31. The number of fused-ring (bicyclic) bond motifs is 1. The summed E-state index contributed by atoms with van der Waals surface area (Å²) in [7, 11) is 0. The first-order valence-electron chi connectivity index (χ1n) is 10.5. The van der Waals surface area contributed by atoms with E-state index in [4.69, 9.17) is 0 Å². The first kappa shape index (κ1) is 20.1. The molecule has 0 unspecified atom stereocenters. The Labute approximate surface area is 175 Å². The molecule has 1 aromatic heterocycles. The van der Waals surface area contributed by atoms with Gasteiger partial charge in [0.1, 0.15) is 12.1 Å². The number of aryl methyl sites for hydroxylation is 2. The molecule has 0 radical (unpaired) electrons. The molecule has 4 amide bonds. The normalized spacial score (nSPS) is 26.4. The Morgan fingerprint density at radius 3 is 2.86 bits per heavy atom. The molecule has 8 heteroatoms. The van der Waals surface area contributed by atoms with Crippen molar-refractivity contribution in [2.45, 2.75) is 63.8 Å². The average molecular weight is 417 g/mol. The van der Waals surface area contributed by atoms with Crippen LogP contribution in [0, 0.1) is 5.92 Å². The number of imide groups is 1. The maximum absolute atomic E-state index is 13.2. The molecule has 2 fully saturated rings. The van der Waals surface area contributed by atoms with Crippen LogP contribution >= 0.6 is 11.3 Å². The minimum atomic E-state index is -0.848. The SMILES string of the molecule is C=CCN(C(=O)CN1C(=O)N[C@@]2(CCCC[C@H]2C)C1=O)c1nc2c(s1)CCCC2. The van der Waals surface area contributed by atoms with Crippen molar-refractivity contribution in [3.8, 4) is 0 Å². The van der Waals surface area contributed by atoms with Crippen molar-refractivity contribution >= 4 is 34.3 Å². The van der Waals surface area contributed by atoms with E-state index in [1.807, 2.05) is 6.92 Å². The Morgan fingerprint density at radius 2 is 2.14 bits per heavy atom. The number of nitrogens with one attached hydrogen (secondary N) is 1. The highest BCUT2D eigenvalue weighted by molar-refractivity contribution is 7.16. The van der Waals surface area contributed by atoms with E-state index < -0.39 is 11.6 Å². The molecule has 1 spiro atoms. The topological polar surface area (TPSA) is 82.6 Å². The van der Waals surface area contributed by atoms with Gasteiger partial charge >= 0.3 is 6.03 Å². The van der Waals surface area contributed by atoms with E-state index in [-0.39, 0.29) is 24.3 Å². The summed E-state index contributed by atoms with van der Waals surface area (Å²) < 4.78 is 0. The largest absolute Gasteiger partial charge is 0.325 e. The maximum atomic E-state index is 13.2. The molecule has 2 heterocycles. The molecule has 0 bridgehead atoms. The number of aromatic nitrogens is 1. The number of carbonyl (C=O) groups is 3. The molecular formula is C21H28N4O3S. The molecule has 2 atom stereocenters. The highest BCUT2D eigenvalue weighted by atomic mass is 32.1. The van der Waals surface area contributed by atoms with Crippen LogP contribution in [0.25, 0.3) is 0 Å². The zero-order chi connectivity index (χ0) is 20.6. The van der Waals surface area contributed by atoms with Crippen molar-refractivity contribution in [3.63, 3.8) is 0 Å². The summed E-state index contributed by atoms with van der Waals surface area (Å²) in [5, 5.41) is 3.54. The zero-order valence-electron chi connectivity index (χ0n) is 16.9. The highest BCUT2D eigenvalue weighted by Crippen LogP contribution is 2.38. The fourth-order valence-electron chi connectivity index (χ4n) is 4.73. The molecule has 1 aliphatic heterocycles. The third-order valence-corrected chi connectivity index (χ3v) is 7.65. The number of amides is 4. The summed E-state index contributed by atoms with van der Waals surface area (Å²) in [4.78, 5) is 47.4. The van der Waals surface area contributed by atoms with Crippen LogP contribution in [-0.2, 0) is 22.4 Å². The summed E-state index contributed by atoms with van der Waals surface area (Å²) in [6.45, 7) is 5.80. The second kappa shape index (κ2) is 7.89. The molecule has 156 valence electrons. The lowest BCUT2D eigenvalue weighted by molar-refractivity contribution is -0.136. The van der Waals surface area contributed by atoms with Gasteiger partial charge in [-0.2, -0.15) is 0 Å². The minimum absolute atomic E-state index is 0.0720. The Morgan fingerprint density at radius 1 is 1.34 bits per heavy atom. The number of urea groups is 1. The summed E-state index contributed by atoms with van der Waals surface area (Å²) in [6.07, 6.45) is 9.36. The number of hydrogen-bond acceptors (Lipinski definition) is 5. The molecular weight excluding hydrogens is 388 g/mol. The van der Waals surface area contributed by atoms with E-state index in [1.54, 1.807) is 11.0 Å². The van der Waals surface area contributed by atoms with Gasteiger partial charge in [-0.05, 0) is 44.4 Å². The van der Waals surface area contributed by atoms with Crippen molar-refractivity contribution in [2.75, 3.05) is 18.0 Å². The molecule has 7 nitrogen and oxygen atoms in total. The van der Waals surface area contributed by atoms with Gasteiger partial charge in [0, 0.05) is 11.4 Å². The van der Waals surface area contributed by atoms with Gasteiger partial charge in [0.05, 0.1) is 5.69 Å². The molecule has 3 aliphatic rings. The summed E-state index contributed by atoms with van der Waals surface area (Å²) in [5.74, 6) is -0.497. The Kier molecular flexibility index (Phi) is 5.46.